The predicted octanol–water partition coefficient (Wildman–Crippen LogP) is 3.17. The van der Waals surface area contributed by atoms with Crippen molar-refractivity contribution in [2.45, 2.75) is 20.4 Å². The van der Waals surface area contributed by atoms with E-state index in [9.17, 15) is 14.7 Å². The molecule has 0 bridgehead atoms. The number of furan rings is 1. The van der Waals surface area contributed by atoms with E-state index in [1.54, 1.807) is 31.1 Å². The Labute approximate surface area is 185 Å². The molecule has 0 fully saturated rings. The molecule has 8 heteroatoms. The summed E-state index contributed by atoms with van der Waals surface area (Å²) in [4.78, 5) is 30.9. The van der Waals surface area contributed by atoms with Crippen LogP contribution in [0.5, 0.6) is 0 Å². The molecule has 0 aliphatic carbocycles. The summed E-state index contributed by atoms with van der Waals surface area (Å²) in [7, 11) is 1.75. The Kier molecular flexibility index (Phi) is 5.71. The quantitative estimate of drug-likeness (QED) is 0.533. The largest absolute Gasteiger partial charge is 0.461 e. The Hall–Kier alpha value is -3.65. The second-order valence-corrected chi connectivity index (χ2v) is 8.35. The van der Waals surface area contributed by atoms with Gasteiger partial charge in [0.05, 0.1) is 17.7 Å². The summed E-state index contributed by atoms with van der Waals surface area (Å²) in [5.41, 5.74) is 2.21. The van der Waals surface area contributed by atoms with Crippen LogP contribution in [-0.4, -0.2) is 47.0 Å². The first-order valence-electron chi connectivity index (χ1n) is 10.4. The number of para-hydroxylation sites is 1. The van der Waals surface area contributed by atoms with Gasteiger partial charge in [-0.3, -0.25) is 9.59 Å². The van der Waals surface area contributed by atoms with E-state index in [-0.39, 0.29) is 25.0 Å². The first-order valence-corrected chi connectivity index (χ1v) is 10.4. The van der Waals surface area contributed by atoms with Gasteiger partial charge in [-0.1, -0.05) is 18.2 Å². The van der Waals surface area contributed by atoms with Crippen molar-refractivity contribution in [3.63, 3.8) is 0 Å². The minimum Gasteiger partial charge on any atom is -0.461 e. The summed E-state index contributed by atoms with van der Waals surface area (Å²) in [6, 6.07) is 9.59. The number of amides is 2. The maximum absolute atomic E-state index is 12.7. The van der Waals surface area contributed by atoms with E-state index in [1.165, 1.54) is 6.08 Å². The topological polar surface area (TPSA) is 108 Å². The summed E-state index contributed by atoms with van der Waals surface area (Å²) < 4.78 is 5.79. The second-order valence-electron chi connectivity index (χ2n) is 8.35. The smallest absolute Gasteiger partial charge is 0.246 e. The van der Waals surface area contributed by atoms with Crippen LogP contribution in [0.2, 0.25) is 0 Å². The lowest BCUT2D eigenvalue weighted by molar-refractivity contribution is -0.126. The maximum Gasteiger partial charge on any atom is 0.246 e. The van der Waals surface area contributed by atoms with E-state index >= 15 is 0 Å². The van der Waals surface area contributed by atoms with Gasteiger partial charge < -0.3 is 25.1 Å². The summed E-state index contributed by atoms with van der Waals surface area (Å²) in [5.74, 6) is 0.752. The van der Waals surface area contributed by atoms with Crippen LogP contribution in [0.4, 0.5) is 11.5 Å². The van der Waals surface area contributed by atoms with Crippen molar-refractivity contribution in [1.29, 1.82) is 0 Å². The molecule has 3 heterocycles. The lowest BCUT2D eigenvalue weighted by Gasteiger charge is -2.22. The van der Waals surface area contributed by atoms with Gasteiger partial charge in [0.2, 0.25) is 11.8 Å². The number of likely N-dealkylation sites (N-methyl/N-ethyl adjacent to an activating group) is 1. The molecule has 1 aliphatic heterocycles. The van der Waals surface area contributed by atoms with Crippen molar-refractivity contribution in [3.05, 3.63) is 59.5 Å². The van der Waals surface area contributed by atoms with Crippen molar-refractivity contribution >= 4 is 40.4 Å². The van der Waals surface area contributed by atoms with Crippen LogP contribution in [0.1, 0.15) is 23.8 Å². The number of hydrogen-bond donors (Lipinski definition) is 3. The zero-order valence-corrected chi connectivity index (χ0v) is 18.3. The first-order chi connectivity index (χ1) is 15.3. The lowest BCUT2D eigenvalue weighted by atomic mass is 9.91. The minimum absolute atomic E-state index is 0.154. The molecular formula is C24H26N4O4. The Balaban J connectivity index is 1.47. The molecular weight excluding hydrogens is 408 g/mol. The number of hydrogen-bond acceptors (Lipinski definition) is 6. The number of fused-ring (bicyclic) bond motifs is 2. The number of aryl methyl sites for hydroxylation is 1. The number of benzene rings is 1. The lowest BCUT2D eigenvalue weighted by Crippen LogP contribution is -2.40. The third-order valence-corrected chi connectivity index (χ3v) is 5.80. The number of rotatable bonds is 5. The number of anilines is 2. The predicted molar refractivity (Wildman–Crippen MR) is 123 cm³/mol. The molecule has 2 aromatic heterocycles. The molecule has 8 nitrogen and oxygen atoms in total. The van der Waals surface area contributed by atoms with E-state index in [2.05, 4.69) is 15.6 Å². The third kappa shape index (κ3) is 4.09. The Morgan fingerprint density at radius 3 is 2.94 bits per heavy atom. The molecule has 3 aromatic rings. The third-order valence-electron chi connectivity index (χ3n) is 5.80. The van der Waals surface area contributed by atoms with Crippen LogP contribution < -0.4 is 10.6 Å². The van der Waals surface area contributed by atoms with Gasteiger partial charge in [-0.05, 0) is 37.6 Å². The van der Waals surface area contributed by atoms with Crippen molar-refractivity contribution in [3.8, 4) is 0 Å². The molecule has 3 N–H and O–H groups in total. The van der Waals surface area contributed by atoms with Gasteiger partial charge >= 0.3 is 0 Å². The van der Waals surface area contributed by atoms with Crippen LogP contribution in [-0.2, 0) is 16.1 Å². The molecule has 0 spiro atoms. The number of nitrogens with zero attached hydrogens (tertiary/aromatic N) is 2. The normalized spacial score (nSPS) is 18.2. The molecule has 2 amide bonds. The number of aromatic nitrogens is 1. The van der Waals surface area contributed by atoms with Gasteiger partial charge in [-0.15, -0.1) is 0 Å². The zero-order chi connectivity index (χ0) is 22.9. The van der Waals surface area contributed by atoms with Crippen LogP contribution in [0.15, 0.2) is 47.0 Å². The summed E-state index contributed by atoms with van der Waals surface area (Å²) >= 11 is 0. The number of aliphatic hydroxyl groups is 1. The molecule has 1 aliphatic rings. The van der Waals surface area contributed by atoms with Crippen LogP contribution in [0, 0.1) is 12.3 Å². The van der Waals surface area contributed by atoms with Gasteiger partial charge in [0.1, 0.15) is 11.3 Å². The van der Waals surface area contributed by atoms with Crippen molar-refractivity contribution < 1.29 is 19.1 Å². The fourth-order valence-corrected chi connectivity index (χ4v) is 3.59. The molecule has 0 unspecified atom stereocenters. The summed E-state index contributed by atoms with van der Waals surface area (Å²) in [6.07, 6.45) is 4.76. The number of carbonyl (C=O) groups excluding carboxylic acids is 2. The molecule has 1 atom stereocenters. The van der Waals surface area contributed by atoms with Gasteiger partial charge in [-0.2, -0.15) is 0 Å². The fraction of sp³-hybridized carbons (Fsp3) is 0.292. The number of carbonyl (C=O) groups is 2. The molecule has 32 heavy (non-hydrogen) atoms. The molecule has 4 rings (SSSR count). The zero-order valence-electron chi connectivity index (χ0n) is 18.3. The minimum atomic E-state index is -0.940. The Bertz CT molecular complexity index is 1220. The SMILES string of the molecule is Cc1oc2ccccc2c1CN(C)C(=O)/C=C/c1cnc2c(c1)NC[C@@](C)(CO)C(=O)N2. The summed E-state index contributed by atoms with van der Waals surface area (Å²) in [5, 5.41) is 16.5. The van der Waals surface area contributed by atoms with Crippen LogP contribution >= 0.6 is 0 Å². The highest BCUT2D eigenvalue weighted by molar-refractivity contribution is 5.99. The summed E-state index contributed by atoms with van der Waals surface area (Å²) in [6.45, 7) is 4.01. The van der Waals surface area contributed by atoms with Crippen LogP contribution in [0.3, 0.4) is 0 Å². The number of aliphatic hydroxyl groups excluding tert-OH is 1. The standard InChI is InChI=1S/C24H26N4O4/c1-15-18(17-6-4-5-7-20(17)32-15)12-28(3)21(30)9-8-16-10-19-22(25-11-16)27-23(31)24(2,14-29)13-26-19/h4-11,26,29H,12-14H2,1-3H3,(H,25,27,31)/b9-8+/t24-/m0/s1. The Morgan fingerprint density at radius 2 is 2.16 bits per heavy atom. The van der Waals surface area contributed by atoms with Gasteiger partial charge in [0.15, 0.2) is 5.82 Å². The fourth-order valence-electron chi connectivity index (χ4n) is 3.59. The average Bonchev–Trinajstić information content (AvgIpc) is 3.04. The molecule has 0 radical (unpaired) electrons. The highest BCUT2D eigenvalue weighted by Crippen LogP contribution is 2.29. The van der Waals surface area contributed by atoms with Gasteiger partial charge in [-0.25, -0.2) is 4.98 Å². The van der Waals surface area contributed by atoms with Gasteiger partial charge in [0.25, 0.3) is 0 Å². The average molecular weight is 434 g/mol. The second kappa shape index (κ2) is 8.47. The van der Waals surface area contributed by atoms with E-state index in [0.717, 1.165) is 22.3 Å². The van der Waals surface area contributed by atoms with E-state index < -0.39 is 5.41 Å². The highest BCUT2D eigenvalue weighted by atomic mass is 16.3. The van der Waals surface area contributed by atoms with Crippen LogP contribution in [0.25, 0.3) is 17.0 Å². The van der Waals surface area contributed by atoms with E-state index in [1.807, 2.05) is 37.3 Å². The number of nitrogens with one attached hydrogen (secondary N) is 2. The first kappa shape index (κ1) is 21.6. The molecule has 1 aromatic carbocycles. The van der Waals surface area contributed by atoms with E-state index in [0.29, 0.717) is 23.6 Å². The maximum atomic E-state index is 12.7. The monoisotopic (exact) mass is 434 g/mol. The van der Waals surface area contributed by atoms with E-state index in [4.69, 9.17) is 4.42 Å². The van der Waals surface area contributed by atoms with Crippen molar-refractivity contribution in [1.82, 2.24) is 9.88 Å². The highest BCUT2D eigenvalue weighted by Gasteiger charge is 2.35. The van der Waals surface area contributed by atoms with Crippen molar-refractivity contribution in [2.75, 3.05) is 30.8 Å². The molecule has 0 saturated heterocycles. The molecule has 166 valence electrons. The van der Waals surface area contributed by atoms with Gasteiger partial charge in [0, 0.05) is 43.4 Å². The Morgan fingerprint density at radius 1 is 1.38 bits per heavy atom. The molecule has 0 saturated carbocycles. The van der Waals surface area contributed by atoms with Crippen molar-refractivity contribution in [2.24, 2.45) is 5.41 Å². The number of pyridine rings is 1.